The third kappa shape index (κ3) is 2.66. The van der Waals surface area contributed by atoms with Crippen LogP contribution in [0.2, 0.25) is 0 Å². The van der Waals surface area contributed by atoms with Crippen molar-refractivity contribution in [2.45, 2.75) is 38.8 Å². The number of fused-ring (bicyclic) bond motifs is 6. The maximum atomic E-state index is 2.43. The van der Waals surface area contributed by atoms with Crippen LogP contribution in [0.1, 0.15) is 59.7 Å². The average molecular weight is 415 g/mol. The summed E-state index contributed by atoms with van der Waals surface area (Å²) in [6.07, 6.45) is 2.43. The lowest BCUT2D eigenvalue weighted by molar-refractivity contribution is 1.05. The van der Waals surface area contributed by atoms with Crippen LogP contribution in [-0.4, -0.2) is 9.52 Å². The number of rotatable bonds is 2. The fourth-order valence-corrected chi connectivity index (χ4v) is 7.96. The van der Waals surface area contributed by atoms with Crippen LogP contribution in [0.4, 0.5) is 0 Å². The highest BCUT2D eigenvalue weighted by atomic mass is 28.2. The standard InChI is InChI=1S/C30H26Si/c1-17-15-22-10-6-8-12-25(22)28-26(17)19(3)20(4)30(28)31-29-18(2)16-23-14-13-21-9-5-7-11-24(21)27(23)29/h5-16,29-30H,1-4H3. The molecule has 2 unspecified atom stereocenters. The Morgan fingerprint density at radius 2 is 1.35 bits per heavy atom. The molecule has 31 heavy (non-hydrogen) atoms. The summed E-state index contributed by atoms with van der Waals surface area (Å²) < 4.78 is 0. The molecular formula is C30H26Si. The van der Waals surface area contributed by atoms with Gasteiger partial charge in [-0.1, -0.05) is 84.0 Å². The second-order valence-corrected chi connectivity index (χ2v) is 10.7. The lowest BCUT2D eigenvalue weighted by Gasteiger charge is -2.23. The molecule has 0 fully saturated rings. The van der Waals surface area contributed by atoms with E-state index in [0.717, 1.165) is 9.52 Å². The molecule has 1 heteroatoms. The van der Waals surface area contributed by atoms with E-state index in [4.69, 9.17) is 0 Å². The van der Waals surface area contributed by atoms with E-state index in [-0.39, 0.29) is 0 Å². The number of hydrogen-bond acceptors (Lipinski definition) is 0. The molecule has 6 rings (SSSR count). The molecule has 4 aromatic rings. The van der Waals surface area contributed by atoms with Crippen molar-refractivity contribution in [2.75, 3.05) is 0 Å². The van der Waals surface area contributed by atoms with E-state index >= 15 is 0 Å². The van der Waals surface area contributed by atoms with Crippen molar-refractivity contribution >= 4 is 42.7 Å². The monoisotopic (exact) mass is 414 g/mol. The smallest absolute Gasteiger partial charge is 0.0678 e. The Labute approximate surface area is 187 Å². The highest BCUT2D eigenvalue weighted by Crippen LogP contribution is 2.49. The number of allylic oxidation sites excluding steroid dienone is 3. The molecule has 0 aliphatic heterocycles. The first kappa shape index (κ1) is 18.8. The Bertz CT molecular complexity index is 1450. The first-order chi connectivity index (χ1) is 15.0. The highest BCUT2D eigenvalue weighted by Gasteiger charge is 2.35. The highest BCUT2D eigenvalue weighted by molar-refractivity contribution is 6.45. The quantitative estimate of drug-likeness (QED) is 0.291. The Hall–Kier alpha value is -2.90. The molecule has 0 saturated carbocycles. The molecule has 4 aromatic carbocycles. The van der Waals surface area contributed by atoms with Crippen LogP contribution in [0.5, 0.6) is 0 Å². The predicted molar refractivity (Wildman–Crippen MR) is 136 cm³/mol. The Morgan fingerprint density at radius 3 is 2.13 bits per heavy atom. The fraction of sp³-hybridized carbons (Fsp3) is 0.200. The lowest BCUT2D eigenvalue weighted by atomic mass is 9.94. The summed E-state index contributed by atoms with van der Waals surface area (Å²) in [5.74, 6) is 0. The van der Waals surface area contributed by atoms with Crippen LogP contribution in [0.3, 0.4) is 0 Å². The Kier molecular flexibility index (Phi) is 4.13. The van der Waals surface area contributed by atoms with Crippen LogP contribution >= 0.6 is 0 Å². The van der Waals surface area contributed by atoms with Gasteiger partial charge >= 0.3 is 0 Å². The summed E-state index contributed by atoms with van der Waals surface area (Å²) in [6, 6.07) is 24.8. The molecular weight excluding hydrogens is 388 g/mol. The molecule has 0 nitrogen and oxygen atoms in total. The van der Waals surface area contributed by atoms with Crippen LogP contribution in [0, 0.1) is 6.92 Å². The van der Waals surface area contributed by atoms with Gasteiger partial charge in [-0.15, -0.1) is 0 Å². The van der Waals surface area contributed by atoms with Crippen LogP contribution < -0.4 is 0 Å². The third-order valence-corrected chi connectivity index (χ3v) is 9.57. The largest absolute Gasteiger partial charge is 0.0684 e. The molecule has 150 valence electrons. The molecule has 2 aliphatic carbocycles. The first-order valence-electron chi connectivity index (χ1n) is 11.2. The number of aryl methyl sites for hydroxylation is 1. The van der Waals surface area contributed by atoms with Gasteiger partial charge in [0, 0.05) is 0 Å². The summed E-state index contributed by atoms with van der Waals surface area (Å²) in [5, 5.41) is 5.60. The van der Waals surface area contributed by atoms with E-state index in [2.05, 4.69) is 101 Å². The summed E-state index contributed by atoms with van der Waals surface area (Å²) in [6.45, 7) is 9.33. The van der Waals surface area contributed by atoms with Gasteiger partial charge < -0.3 is 0 Å². The van der Waals surface area contributed by atoms with Crippen LogP contribution in [0.15, 0.2) is 77.9 Å². The van der Waals surface area contributed by atoms with E-state index < -0.39 is 0 Å². The molecule has 0 N–H and O–H groups in total. The van der Waals surface area contributed by atoms with Gasteiger partial charge in [0.05, 0.1) is 9.52 Å². The summed E-state index contributed by atoms with van der Waals surface area (Å²) >= 11 is 0. The molecule has 0 aromatic heterocycles. The molecule has 2 aliphatic rings. The lowest BCUT2D eigenvalue weighted by Crippen LogP contribution is -2.17. The Morgan fingerprint density at radius 1 is 0.677 bits per heavy atom. The molecule has 0 heterocycles. The number of hydrogen-bond donors (Lipinski definition) is 0. The zero-order valence-corrected chi connectivity index (χ0v) is 19.6. The van der Waals surface area contributed by atoms with E-state index in [9.17, 15) is 0 Å². The van der Waals surface area contributed by atoms with Crippen LogP contribution in [0.25, 0.3) is 33.2 Å². The summed E-state index contributed by atoms with van der Waals surface area (Å²) in [7, 11) is 0.817. The average Bonchev–Trinajstić information content (AvgIpc) is 3.23. The van der Waals surface area contributed by atoms with Gasteiger partial charge in [0.15, 0.2) is 0 Å². The molecule has 0 amide bonds. The Balaban J connectivity index is 1.54. The maximum Gasteiger partial charge on any atom is 0.0678 e. The van der Waals surface area contributed by atoms with Crippen molar-refractivity contribution in [1.29, 1.82) is 0 Å². The first-order valence-corrected chi connectivity index (χ1v) is 12.4. The minimum atomic E-state index is 0.498. The minimum Gasteiger partial charge on any atom is -0.0684 e. The second kappa shape index (κ2) is 6.80. The predicted octanol–water partition coefficient (Wildman–Crippen LogP) is 8.01. The van der Waals surface area contributed by atoms with Crippen molar-refractivity contribution in [1.82, 2.24) is 0 Å². The van der Waals surface area contributed by atoms with Gasteiger partial charge in [-0.3, -0.25) is 0 Å². The van der Waals surface area contributed by atoms with Gasteiger partial charge in [-0.25, -0.2) is 0 Å². The SMILES string of the molecule is CC1=Cc2ccc3ccccc3c2C1[Si]C1C(C)=C(C)c2c(C)cc3ccccc3c21. The third-order valence-electron chi connectivity index (χ3n) is 7.44. The van der Waals surface area contributed by atoms with Gasteiger partial charge in [0.1, 0.15) is 0 Å². The van der Waals surface area contributed by atoms with Crippen molar-refractivity contribution in [2.24, 2.45) is 0 Å². The van der Waals surface area contributed by atoms with Crippen LogP contribution in [-0.2, 0) is 0 Å². The van der Waals surface area contributed by atoms with E-state index in [0.29, 0.717) is 11.1 Å². The minimum absolute atomic E-state index is 0.498. The van der Waals surface area contributed by atoms with Crippen molar-refractivity contribution < 1.29 is 0 Å². The number of benzene rings is 4. The molecule has 0 saturated heterocycles. The van der Waals surface area contributed by atoms with Crippen molar-refractivity contribution in [3.63, 3.8) is 0 Å². The molecule has 2 atom stereocenters. The van der Waals surface area contributed by atoms with E-state index in [1.54, 1.807) is 16.7 Å². The van der Waals surface area contributed by atoms with Gasteiger partial charge in [-0.2, -0.15) is 0 Å². The normalized spacial score (nSPS) is 19.8. The van der Waals surface area contributed by atoms with Crippen molar-refractivity contribution in [3.8, 4) is 0 Å². The summed E-state index contributed by atoms with van der Waals surface area (Å²) in [5.41, 5.74) is 13.0. The van der Waals surface area contributed by atoms with E-state index in [1.807, 2.05) is 0 Å². The van der Waals surface area contributed by atoms with E-state index in [1.165, 1.54) is 49.4 Å². The summed E-state index contributed by atoms with van der Waals surface area (Å²) in [4.78, 5) is 0. The fourth-order valence-electron chi connectivity index (χ4n) is 5.86. The second-order valence-electron chi connectivity index (χ2n) is 9.22. The maximum absolute atomic E-state index is 2.43. The molecule has 2 radical (unpaired) electrons. The van der Waals surface area contributed by atoms with Crippen molar-refractivity contribution in [3.05, 3.63) is 106 Å². The molecule has 0 spiro atoms. The zero-order chi connectivity index (χ0) is 21.3. The zero-order valence-electron chi connectivity index (χ0n) is 18.6. The molecule has 0 bridgehead atoms. The topological polar surface area (TPSA) is 0 Å². The van der Waals surface area contributed by atoms with Gasteiger partial charge in [0.25, 0.3) is 0 Å². The van der Waals surface area contributed by atoms with Gasteiger partial charge in [0.2, 0.25) is 0 Å². The van der Waals surface area contributed by atoms with Gasteiger partial charge in [-0.05, 0) is 93.7 Å².